The lowest BCUT2D eigenvalue weighted by atomic mass is 10.2. The monoisotopic (exact) mass is 329 g/mol. The first kappa shape index (κ1) is 16.4. The Bertz CT molecular complexity index is 673. The number of nitrogens with one attached hydrogen (secondary N) is 2. The summed E-state index contributed by atoms with van der Waals surface area (Å²) >= 11 is 0. The van der Waals surface area contributed by atoms with Gasteiger partial charge >= 0.3 is 6.03 Å². The first-order chi connectivity index (χ1) is 11.7. The van der Waals surface area contributed by atoms with Crippen molar-refractivity contribution in [2.45, 2.75) is 44.4 Å². The van der Waals surface area contributed by atoms with E-state index in [-0.39, 0.29) is 24.2 Å². The van der Waals surface area contributed by atoms with Crippen molar-refractivity contribution in [1.29, 1.82) is 0 Å². The van der Waals surface area contributed by atoms with Gasteiger partial charge in [-0.3, -0.25) is 0 Å². The number of ether oxygens (including phenoxy) is 1. The highest BCUT2D eigenvalue weighted by atomic mass is 16.5. The van der Waals surface area contributed by atoms with Crippen LogP contribution in [0.4, 0.5) is 4.79 Å². The molecule has 0 radical (unpaired) electrons. The number of hydrogen-bond acceptors (Lipinski definition) is 4. The van der Waals surface area contributed by atoms with Gasteiger partial charge in [-0.05, 0) is 38.3 Å². The quantitative estimate of drug-likeness (QED) is 0.881. The van der Waals surface area contributed by atoms with Crippen molar-refractivity contribution in [1.82, 2.24) is 25.6 Å². The fourth-order valence-electron chi connectivity index (χ4n) is 2.96. The maximum absolute atomic E-state index is 12.1. The molecule has 0 unspecified atom stereocenters. The number of hydrogen-bond donors (Lipinski definition) is 2. The second-order valence-electron chi connectivity index (χ2n) is 6.13. The smallest absolute Gasteiger partial charge is 0.315 e. The van der Waals surface area contributed by atoms with Crippen molar-refractivity contribution in [2.75, 3.05) is 7.11 Å². The fourth-order valence-corrected chi connectivity index (χ4v) is 2.96. The number of rotatable bonds is 5. The van der Waals surface area contributed by atoms with E-state index in [2.05, 4.69) is 20.9 Å². The van der Waals surface area contributed by atoms with Gasteiger partial charge in [-0.15, -0.1) is 5.10 Å². The van der Waals surface area contributed by atoms with Crippen LogP contribution in [0.1, 0.15) is 37.9 Å². The van der Waals surface area contributed by atoms with Crippen LogP contribution in [0.3, 0.4) is 0 Å². The molecular weight excluding hydrogens is 306 g/mol. The Kier molecular flexibility index (Phi) is 5.10. The van der Waals surface area contributed by atoms with E-state index in [0.29, 0.717) is 0 Å². The number of aromatic nitrogens is 3. The third-order valence-corrected chi connectivity index (χ3v) is 4.38. The van der Waals surface area contributed by atoms with Crippen molar-refractivity contribution in [3.8, 4) is 5.69 Å². The third kappa shape index (κ3) is 3.91. The summed E-state index contributed by atoms with van der Waals surface area (Å²) in [6.07, 6.45) is 4.88. The molecule has 1 aliphatic rings. The minimum atomic E-state index is -0.220. The van der Waals surface area contributed by atoms with Crippen LogP contribution in [0.2, 0.25) is 0 Å². The van der Waals surface area contributed by atoms with Crippen LogP contribution >= 0.6 is 0 Å². The van der Waals surface area contributed by atoms with Gasteiger partial charge in [0.05, 0.1) is 24.0 Å². The summed E-state index contributed by atoms with van der Waals surface area (Å²) in [6, 6.07) is 9.52. The fraction of sp³-hybridized carbons (Fsp3) is 0.471. The van der Waals surface area contributed by atoms with Crippen LogP contribution in [0.15, 0.2) is 36.5 Å². The average molecular weight is 329 g/mol. The summed E-state index contributed by atoms with van der Waals surface area (Å²) in [5.41, 5.74) is 1.65. The summed E-state index contributed by atoms with van der Waals surface area (Å²) in [6.45, 7) is 1.89. The van der Waals surface area contributed by atoms with E-state index in [1.165, 1.54) is 0 Å². The number of nitrogens with zero attached hydrogens (tertiary/aromatic N) is 3. The molecule has 7 nitrogen and oxygen atoms in total. The molecule has 2 aromatic rings. The molecule has 0 saturated heterocycles. The lowest BCUT2D eigenvalue weighted by Crippen LogP contribution is -2.42. The highest BCUT2D eigenvalue weighted by molar-refractivity contribution is 5.74. The molecule has 1 saturated carbocycles. The Labute approximate surface area is 141 Å². The van der Waals surface area contributed by atoms with Crippen LogP contribution in [0, 0.1) is 0 Å². The molecule has 1 heterocycles. The number of benzene rings is 1. The second kappa shape index (κ2) is 7.44. The van der Waals surface area contributed by atoms with Crippen molar-refractivity contribution in [2.24, 2.45) is 0 Å². The van der Waals surface area contributed by atoms with Gasteiger partial charge in [0.25, 0.3) is 0 Å². The normalized spacial score (nSPS) is 21.4. The van der Waals surface area contributed by atoms with Gasteiger partial charge in [0.1, 0.15) is 5.69 Å². The summed E-state index contributed by atoms with van der Waals surface area (Å²) in [4.78, 5) is 12.1. The molecule has 1 aliphatic carbocycles. The van der Waals surface area contributed by atoms with E-state index in [4.69, 9.17) is 4.74 Å². The summed E-state index contributed by atoms with van der Waals surface area (Å²) in [7, 11) is 1.71. The van der Waals surface area contributed by atoms with Crippen molar-refractivity contribution >= 4 is 6.03 Å². The standard InChI is InChI=1S/C17H23N5O2/c1-12(18-17(23)19-13-8-9-15(10-13)24-2)16-11-22(21-20-16)14-6-4-3-5-7-14/h3-7,11-13,15H,8-10H2,1-2H3,(H2,18,19,23)/t12-,13-,15+/m0/s1. The minimum absolute atomic E-state index is 0.169. The van der Waals surface area contributed by atoms with E-state index in [0.717, 1.165) is 30.6 Å². The zero-order chi connectivity index (χ0) is 16.9. The number of urea groups is 1. The lowest BCUT2D eigenvalue weighted by Gasteiger charge is -2.16. The van der Waals surface area contributed by atoms with Gasteiger partial charge in [0.15, 0.2) is 0 Å². The number of carbonyl (C=O) groups excluding carboxylic acids is 1. The Morgan fingerprint density at radius 2 is 2.12 bits per heavy atom. The average Bonchev–Trinajstić information content (AvgIpc) is 3.24. The zero-order valence-corrected chi connectivity index (χ0v) is 14.0. The minimum Gasteiger partial charge on any atom is -0.381 e. The molecule has 1 aromatic heterocycles. The predicted molar refractivity (Wildman–Crippen MR) is 89.9 cm³/mol. The molecule has 24 heavy (non-hydrogen) atoms. The number of para-hydroxylation sites is 1. The summed E-state index contributed by atoms with van der Waals surface area (Å²) in [5, 5.41) is 14.2. The molecule has 1 aromatic carbocycles. The van der Waals surface area contributed by atoms with Gasteiger partial charge in [-0.2, -0.15) is 0 Å². The molecule has 0 spiro atoms. The molecule has 3 atom stereocenters. The summed E-state index contributed by atoms with van der Waals surface area (Å²) < 4.78 is 7.03. The molecular formula is C17H23N5O2. The van der Waals surface area contributed by atoms with E-state index in [1.807, 2.05) is 43.5 Å². The predicted octanol–water partition coefficient (Wildman–Crippen LogP) is 2.20. The van der Waals surface area contributed by atoms with Gasteiger partial charge in [0.2, 0.25) is 0 Å². The maximum atomic E-state index is 12.1. The van der Waals surface area contributed by atoms with Gasteiger partial charge in [0, 0.05) is 13.2 Å². The van der Waals surface area contributed by atoms with Crippen LogP contribution in [0.5, 0.6) is 0 Å². The van der Waals surface area contributed by atoms with E-state index < -0.39 is 0 Å². The van der Waals surface area contributed by atoms with Crippen LogP contribution in [-0.2, 0) is 4.74 Å². The maximum Gasteiger partial charge on any atom is 0.315 e. The molecule has 7 heteroatoms. The molecule has 1 fully saturated rings. The Balaban J connectivity index is 1.54. The second-order valence-corrected chi connectivity index (χ2v) is 6.13. The van der Waals surface area contributed by atoms with Gasteiger partial charge in [-0.1, -0.05) is 23.4 Å². The molecule has 3 rings (SSSR count). The SMILES string of the molecule is CO[C@@H]1CC[C@H](NC(=O)N[C@@H](C)c2cn(-c3ccccc3)nn2)C1. The highest BCUT2D eigenvalue weighted by Gasteiger charge is 2.26. The van der Waals surface area contributed by atoms with Crippen LogP contribution < -0.4 is 10.6 Å². The van der Waals surface area contributed by atoms with E-state index in [9.17, 15) is 4.79 Å². The highest BCUT2D eigenvalue weighted by Crippen LogP contribution is 2.21. The van der Waals surface area contributed by atoms with Gasteiger partial charge < -0.3 is 15.4 Å². The van der Waals surface area contributed by atoms with Crippen molar-refractivity contribution in [3.63, 3.8) is 0 Å². The zero-order valence-electron chi connectivity index (χ0n) is 14.0. The Morgan fingerprint density at radius 3 is 2.83 bits per heavy atom. The molecule has 128 valence electrons. The third-order valence-electron chi connectivity index (χ3n) is 4.38. The lowest BCUT2D eigenvalue weighted by molar-refractivity contribution is 0.107. The number of carbonyl (C=O) groups is 1. The molecule has 0 bridgehead atoms. The summed E-state index contributed by atoms with van der Waals surface area (Å²) in [5.74, 6) is 0. The van der Waals surface area contributed by atoms with Crippen molar-refractivity contribution < 1.29 is 9.53 Å². The topological polar surface area (TPSA) is 81.1 Å². The van der Waals surface area contributed by atoms with Gasteiger partial charge in [-0.25, -0.2) is 9.48 Å². The van der Waals surface area contributed by atoms with E-state index >= 15 is 0 Å². The first-order valence-electron chi connectivity index (χ1n) is 8.23. The van der Waals surface area contributed by atoms with Crippen LogP contribution in [-0.4, -0.2) is 40.3 Å². The molecule has 0 aliphatic heterocycles. The molecule has 2 amide bonds. The Hall–Kier alpha value is -2.41. The van der Waals surface area contributed by atoms with E-state index in [1.54, 1.807) is 11.8 Å². The first-order valence-corrected chi connectivity index (χ1v) is 8.23. The number of amides is 2. The van der Waals surface area contributed by atoms with Crippen molar-refractivity contribution in [3.05, 3.63) is 42.2 Å². The Morgan fingerprint density at radius 1 is 1.33 bits per heavy atom. The largest absolute Gasteiger partial charge is 0.381 e. The number of methoxy groups -OCH3 is 1. The van der Waals surface area contributed by atoms with Crippen LogP contribution in [0.25, 0.3) is 5.69 Å². The molecule has 2 N–H and O–H groups in total.